The first-order valence-electron chi connectivity index (χ1n) is 6.21. The minimum atomic E-state index is -0.189. The Hall–Kier alpha value is -1.26. The fourth-order valence-corrected chi connectivity index (χ4v) is 3.58. The maximum Gasteiger partial charge on any atom is 0.123 e. The Morgan fingerprint density at radius 1 is 1.44 bits per heavy atom. The molecule has 0 saturated heterocycles. The predicted octanol–water partition coefficient (Wildman–Crippen LogP) is 3.21. The van der Waals surface area contributed by atoms with Crippen LogP contribution in [-0.2, 0) is 12.8 Å². The molecule has 1 aliphatic carbocycles. The van der Waals surface area contributed by atoms with Gasteiger partial charge in [0.15, 0.2) is 0 Å². The van der Waals surface area contributed by atoms with Gasteiger partial charge in [0, 0.05) is 17.3 Å². The lowest BCUT2D eigenvalue weighted by molar-refractivity contribution is 0.573. The number of thiazole rings is 1. The zero-order chi connectivity index (χ0) is 12.5. The molecule has 0 aliphatic heterocycles. The molecule has 1 aromatic heterocycles. The molecular weight excluding hydrogens is 247 g/mol. The van der Waals surface area contributed by atoms with Gasteiger partial charge in [0.05, 0.1) is 10.7 Å². The van der Waals surface area contributed by atoms with Crippen molar-refractivity contribution in [2.75, 3.05) is 0 Å². The van der Waals surface area contributed by atoms with E-state index in [1.807, 2.05) is 6.07 Å². The highest BCUT2D eigenvalue weighted by Crippen LogP contribution is 2.33. The molecule has 0 radical (unpaired) electrons. The van der Waals surface area contributed by atoms with Crippen LogP contribution in [0.3, 0.4) is 0 Å². The second-order valence-electron chi connectivity index (χ2n) is 4.72. The topological polar surface area (TPSA) is 38.9 Å². The maximum absolute atomic E-state index is 13.1. The number of hydrogen-bond acceptors (Lipinski definition) is 3. The van der Waals surface area contributed by atoms with E-state index in [1.165, 1.54) is 10.9 Å². The Labute approximate surface area is 110 Å². The van der Waals surface area contributed by atoms with Gasteiger partial charge in [-0.1, -0.05) is 12.1 Å². The standard InChI is InChI=1S/C14H15FN2S/c15-10-4-1-3-9(7-10)8-13-17-12-6-2-5-11(16)14(12)18-13/h1,3-4,7,11H,2,5-6,8,16H2. The van der Waals surface area contributed by atoms with E-state index in [0.717, 1.165) is 35.5 Å². The van der Waals surface area contributed by atoms with Crippen LogP contribution >= 0.6 is 11.3 Å². The highest BCUT2D eigenvalue weighted by molar-refractivity contribution is 7.11. The number of benzene rings is 1. The molecule has 18 heavy (non-hydrogen) atoms. The molecule has 2 aromatic rings. The van der Waals surface area contributed by atoms with Crippen LogP contribution in [0, 0.1) is 5.82 Å². The number of aromatic nitrogens is 1. The van der Waals surface area contributed by atoms with Gasteiger partial charge in [-0.05, 0) is 37.0 Å². The van der Waals surface area contributed by atoms with Crippen molar-refractivity contribution in [1.29, 1.82) is 0 Å². The number of aryl methyl sites for hydroxylation is 1. The van der Waals surface area contributed by atoms with E-state index >= 15 is 0 Å². The quantitative estimate of drug-likeness (QED) is 0.902. The van der Waals surface area contributed by atoms with Gasteiger partial charge < -0.3 is 5.73 Å². The van der Waals surface area contributed by atoms with Gasteiger partial charge in [-0.25, -0.2) is 9.37 Å². The summed E-state index contributed by atoms with van der Waals surface area (Å²) in [6.45, 7) is 0. The van der Waals surface area contributed by atoms with Crippen LogP contribution in [0.4, 0.5) is 4.39 Å². The third-order valence-corrected chi connectivity index (χ3v) is 4.51. The molecule has 1 aliphatic rings. The molecule has 0 saturated carbocycles. The first-order valence-corrected chi connectivity index (χ1v) is 7.02. The summed E-state index contributed by atoms with van der Waals surface area (Å²) in [7, 11) is 0. The van der Waals surface area contributed by atoms with Crippen LogP contribution in [0.5, 0.6) is 0 Å². The summed E-state index contributed by atoms with van der Waals surface area (Å²) >= 11 is 1.69. The fraction of sp³-hybridized carbons (Fsp3) is 0.357. The predicted molar refractivity (Wildman–Crippen MR) is 71.2 cm³/mol. The number of rotatable bonds is 2. The summed E-state index contributed by atoms with van der Waals surface area (Å²) in [6.07, 6.45) is 3.90. The zero-order valence-electron chi connectivity index (χ0n) is 10.0. The lowest BCUT2D eigenvalue weighted by Crippen LogP contribution is -2.15. The normalized spacial score (nSPS) is 18.7. The lowest BCUT2D eigenvalue weighted by atomic mass is 9.99. The Morgan fingerprint density at radius 2 is 2.33 bits per heavy atom. The Balaban J connectivity index is 1.85. The average molecular weight is 262 g/mol. The number of hydrogen-bond donors (Lipinski definition) is 1. The Kier molecular flexibility index (Phi) is 3.14. The van der Waals surface area contributed by atoms with Crippen molar-refractivity contribution < 1.29 is 4.39 Å². The third kappa shape index (κ3) is 2.31. The summed E-state index contributed by atoms with van der Waals surface area (Å²) < 4.78 is 13.1. The summed E-state index contributed by atoms with van der Waals surface area (Å²) in [4.78, 5) is 5.87. The Morgan fingerprint density at radius 3 is 3.11 bits per heavy atom. The highest BCUT2D eigenvalue weighted by atomic mass is 32.1. The van der Waals surface area contributed by atoms with Crippen molar-refractivity contribution in [3.05, 3.63) is 51.2 Å². The van der Waals surface area contributed by atoms with Crippen LogP contribution in [0.25, 0.3) is 0 Å². The van der Waals surface area contributed by atoms with Gasteiger partial charge in [-0.15, -0.1) is 11.3 Å². The summed E-state index contributed by atoms with van der Waals surface area (Å²) in [6, 6.07) is 6.85. The molecule has 2 N–H and O–H groups in total. The molecule has 1 unspecified atom stereocenters. The monoisotopic (exact) mass is 262 g/mol. The maximum atomic E-state index is 13.1. The van der Waals surface area contributed by atoms with Gasteiger partial charge in [-0.3, -0.25) is 0 Å². The molecule has 0 bridgehead atoms. The molecule has 94 valence electrons. The summed E-state index contributed by atoms with van der Waals surface area (Å²) in [5.74, 6) is -0.189. The van der Waals surface area contributed by atoms with E-state index in [4.69, 9.17) is 5.73 Å². The van der Waals surface area contributed by atoms with Crippen molar-refractivity contribution >= 4 is 11.3 Å². The molecule has 0 fully saturated rings. The van der Waals surface area contributed by atoms with Crippen LogP contribution in [0.1, 0.15) is 40.0 Å². The van der Waals surface area contributed by atoms with Crippen LogP contribution < -0.4 is 5.73 Å². The zero-order valence-corrected chi connectivity index (χ0v) is 10.8. The number of nitrogens with two attached hydrogens (primary N) is 1. The SMILES string of the molecule is NC1CCCc2nc(Cc3cccc(F)c3)sc21. The van der Waals surface area contributed by atoms with Crippen molar-refractivity contribution in [2.24, 2.45) is 5.73 Å². The molecule has 1 aromatic carbocycles. The summed E-state index contributed by atoms with van der Waals surface area (Å²) in [5, 5.41) is 1.04. The van der Waals surface area contributed by atoms with Gasteiger partial charge in [0.2, 0.25) is 0 Å². The first kappa shape index (κ1) is 11.8. The second kappa shape index (κ2) is 4.78. The average Bonchev–Trinajstić information content (AvgIpc) is 2.73. The van der Waals surface area contributed by atoms with Crippen molar-refractivity contribution in [2.45, 2.75) is 31.7 Å². The van der Waals surface area contributed by atoms with Gasteiger partial charge >= 0.3 is 0 Å². The second-order valence-corrected chi connectivity index (χ2v) is 5.84. The van der Waals surface area contributed by atoms with E-state index in [1.54, 1.807) is 23.5 Å². The van der Waals surface area contributed by atoms with Crippen molar-refractivity contribution in [3.8, 4) is 0 Å². The van der Waals surface area contributed by atoms with E-state index in [2.05, 4.69) is 4.98 Å². The van der Waals surface area contributed by atoms with Crippen LogP contribution in [0.2, 0.25) is 0 Å². The van der Waals surface area contributed by atoms with Crippen LogP contribution in [0.15, 0.2) is 24.3 Å². The molecule has 0 spiro atoms. The minimum Gasteiger partial charge on any atom is -0.323 e. The molecule has 0 amide bonds. The molecule has 3 rings (SSSR count). The van der Waals surface area contributed by atoms with Gasteiger partial charge in [0.1, 0.15) is 5.82 Å². The van der Waals surface area contributed by atoms with Gasteiger partial charge in [0.25, 0.3) is 0 Å². The fourth-order valence-electron chi connectivity index (χ4n) is 2.40. The van der Waals surface area contributed by atoms with Gasteiger partial charge in [-0.2, -0.15) is 0 Å². The van der Waals surface area contributed by atoms with Crippen molar-refractivity contribution in [3.63, 3.8) is 0 Å². The third-order valence-electron chi connectivity index (χ3n) is 3.28. The molecular formula is C14H15FN2S. The molecule has 2 nitrogen and oxygen atoms in total. The smallest absolute Gasteiger partial charge is 0.123 e. The van der Waals surface area contributed by atoms with E-state index < -0.39 is 0 Å². The number of halogens is 1. The number of fused-ring (bicyclic) bond motifs is 1. The lowest BCUT2D eigenvalue weighted by Gasteiger charge is -2.15. The van der Waals surface area contributed by atoms with E-state index in [0.29, 0.717) is 6.42 Å². The molecule has 1 atom stereocenters. The minimum absolute atomic E-state index is 0.146. The largest absolute Gasteiger partial charge is 0.323 e. The highest BCUT2D eigenvalue weighted by Gasteiger charge is 2.21. The first-order chi connectivity index (χ1) is 8.72. The van der Waals surface area contributed by atoms with E-state index in [9.17, 15) is 4.39 Å². The molecule has 1 heterocycles. The number of nitrogens with zero attached hydrogens (tertiary/aromatic N) is 1. The van der Waals surface area contributed by atoms with Crippen molar-refractivity contribution in [1.82, 2.24) is 4.98 Å². The van der Waals surface area contributed by atoms with Crippen LogP contribution in [-0.4, -0.2) is 4.98 Å². The molecule has 4 heteroatoms. The van der Waals surface area contributed by atoms with E-state index in [-0.39, 0.29) is 11.9 Å². The Bertz CT molecular complexity index is 565. The summed E-state index contributed by atoms with van der Waals surface area (Å²) in [5.41, 5.74) is 8.21.